The normalized spacial score (nSPS) is 9.77. The van der Waals surface area contributed by atoms with Gasteiger partial charge in [-0.15, -0.1) is 0 Å². The number of carbonyl (C=O) groups is 1. The Balaban J connectivity index is 2.60. The SMILES string of the molecule is CC(C)=CC(=O)Cc1ccn(C)n1. The molecular weight excluding hydrogens is 164 g/mol. The monoisotopic (exact) mass is 178 g/mol. The summed E-state index contributed by atoms with van der Waals surface area (Å²) >= 11 is 0. The number of carbonyl (C=O) groups excluding carboxylic acids is 1. The fourth-order valence-electron chi connectivity index (χ4n) is 1.11. The molecule has 0 aromatic carbocycles. The number of ketones is 1. The summed E-state index contributed by atoms with van der Waals surface area (Å²) in [7, 11) is 1.84. The fourth-order valence-corrected chi connectivity index (χ4v) is 1.11. The van der Waals surface area contributed by atoms with Gasteiger partial charge in [0.05, 0.1) is 12.1 Å². The minimum atomic E-state index is 0.110. The predicted molar refractivity (Wildman–Crippen MR) is 51.4 cm³/mol. The van der Waals surface area contributed by atoms with Gasteiger partial charge in [0.1, 0.15) is 0 Å². The summed E-state index contributed by atoms with van der Waals surface area (Å²) in [6.45, 7) is 3.83. The summed E-state index contributed by atoms with van der Waals surface area (Å²) in [5, 5.41) is 4.12. The first kappa shape index (κ1) is 9.71. The molecule has 1 aromatic heterocycles. The van der Waals surface area contributed by atoms with E-state index in [0.29, 0.717) is 6.42 Å². The molecule has 0 aliphatic rings. The fraction of sp³-hybridized carbons (Fsp3) is 0.400. The number of aromatic nitrogens is 2. The first-order valence-corrected chi connectivity index (χ1v) is 4.24. The van der Waals surface area contributed by atoms with Crippen LogP contribution >= 0.6 is 0 Å². The van der Waals surface area contributed by atoms with Gasteiger partial charge in [0.15, 0.2) is 5.78 Å². The smallest absolute Gasteiger partial charge is 0.161 e. The first-order valence-electron chi connectivity index (χ1n) is 4.24. The van der Waals surface area contributed by atoms with Gasteiger partial charge in [-0.2, -0.15) is 5.10 Å². The average Bonchev–Trinajstić information content (AvgIpc) is 2.33. The Morgan fingerprint density at radius 3 is 2.77 bits per heavy atom. The lowest BCUT2D eigenvalue weighted by Gasteiger charge is -1.92. The highest BCUT2D eigenvalue weighted by atomic mass is 16.1. The molecule has 0 N–H and O–H groups in total. The zero-order valence-electron chi connectivity index (χ0n) is 8.24. The zero-order chi connectivity index (χ0) is 9.84. The third-order valence-electron chi connectivity index (χ3n) is 1.57. The second-order valence-electron chi connectivity index (χ2n) is 3.35. The maximum Gasteiger partial charge on any atom is 0.161 e. The molecule has 3 heteroatoms. The van der Waals surface area contributed by atoms with Crippen LogP contribution in [0.1, 0.15) is 19.5 Å². The molecule has 1 rings (SSSR count). The van der Waals surface area contributed by atoms with E-state index in [9.17, 15) is 4.79 Å². The quantitative estimate of drug-likeness (QED) is 0.657. The number of allylic oxidation sites excluding steroid dienone is 2. The van der Waals surface area contributed by atoms with Crippen molar-refractivity contribution < 1.29 is 4.79 Å². The molecule has 1 aromatic rings. The Kier molecular flexibility index (Phi) is 3.01. The molecule has 0 atom stereocenters. The van der Waals surface area contributed by atoms with Crippen molar-refractivity contribution in [1.82, 2.24) is 9.78 Å². The van der Waals surface area contributed by atoms with Crippen molar-refractivity contribution in [2.24, 2.45) is 7.05 Å². The molecule has 1 heterocycles. The number of hydrogen-bond acceptors (Lipinski definition) is 2. The van der Waals surface area contributed by atoms with E-state index in [4.69, 9.17) is 0 Å². The van der Waals surface area contributed by atoms with Crippen molar-refractivity contribution >= 4 is 5.78 Å². The molecule has 0 aliphatic carbocycles. The maximum absolute atomic E-state index is 11.3. The van der Waals surface area contributed by atoms with Gasteiger partial charge in [-0.3, -0.25) is 9.48 Å². The van der Waals surface area contributed by atoms with E-state index in [-0.39, 0.29) is 5.78 Å². The number of aryl methyl sites for hydroxylation is 1. The largest absolute Gasteiger partial charge is 0.294 e. The molecule has 0 unspecified atom stereocenters. The Labute approximate surface area is 78.1 Å². The highest BCUT2D eigenvalue weighted by molar-refractivity contribution is 5.91. The molecule has 0 fully saturated rings. The van der Waals surface area contributed by atoms with Gasteiger partial charge in [-0.25, -0.2) is 0 Å². The molecule has 0 spiro atoms. The van der Waals surface area contributed by atoms with Crippen molar-refractivity contribution in [1.29, 1.82) is 0 Å². The van der Waals surface area contributed by atoms with Crippen molar-refractivity contribution in [3.8, 4) is 0 Å². The van der Waals surface area contributed by atoms with Crippen LogP contribution in [0.3, 0.4) is 0 Å². The summed E-state index contributed by atoms with van der Waals surface area (Å²) in [4.78, 5) is 11.3. The first-order chi connectivity index (χ1) is 6.08. The summed E-state index contributed by atoms with van der Waals surface area (Å²) < 4.78 is 1.70. The van der Waals surface area contributed by atoms with Crippen LogP contribution in [0.25, 0.3) is 0 Å². The van der Waals surface area contributed by atoms with Crippen LogP contribution in [-0.2, 0) is 18.3 Å². The molecule has 0 bridgehead atoms. The van der Waals surface area contributed by atoms with Gasteiger partial charge < -0.3 is 0 Å². The van der Waals surface area contributed by atoms with Gasteiger partial charge >= 0.3 is 0 Å². The highest BCUT2D eigenvalue weighted by Gasteiger charge is 2.02. The van der Waals surface area contributed by atoms with Crippen LogP contribution in [0.2, 0.25) is 0 Å². The summed E-state index contributed by atoms with van der Waals surface area (Å²) in [6, 6.07) is 1.86. The lowest BCUT2D eigenvalue weighted by atomic mass is 10.2. The highest BCUT2D eigenvalue weighted by Crippen LogP contribution is 1.99. The third kappa shape index (κ3) is 3.23. The number of rotatable bonds is 3. The van der Waals surface area contributed by atoms with Crippen molar-refractivity contribution in [2.75, 3.05) is 0 Å². The van der Waals surface area contributed by atoms with Crippen LogP contribution in [0.4, 0.5) is 0 Å². The van der Waals surface area contributed by atoms with Crippen LogP contribution in [0.5, 0.6) is 0 Å². The van der Waals surface area contributed by atoms with E-state index < -0.39 is 0 Å². The molecule has 0 amide bonds. The van der Waals surface area contributed by atoms with Crippen molar-refractivity contribution in [2.45, 2.75) is 20.3 Å². The minimum Gasteiger partial charge on any atom is -0.294 e. The Morgan fingerprint density at radius 1 is 1.62 bits per heavy atom. The van der Waals surface area contributed by atoms with Gasteiger partial charge in [-0.1, -0.05) is 5.57 Å². The lowest BCUT2D eigenvalue weighted by Crippen LogP contribution is -2.00. The Morgan fingerprint density at radius 2 is 2.31 bits per heavy atom. The van der Waals surface area contributed by atoms with E-state index in [2.05, 4.69) is 5.10 Å². The van der Waals surface area contributed by atoms with E-state index in [0.717, 1.165) is 11.3 Å². The second-order valence-corrected chi connectivity index (χ2v) is 3.35. The second kappa shape index (κ2) is 4.03. The zero-order valence-corrected chi connectivity index (χ0v) is 8.24. The standard InChI is InChI=1S/C10H14N2O/c1-8(2)6-10(13)7-9-4-5-12(3)11-9/h4-6H,7H2,1-3H3. The molecule has 70 valence electrons. The summed E-state index contributed by atoms with van der Waals surface area (Å²) in [5.74, 6) is 0.110. The Hall–Kier alpha value is -1.38. The molecular formula is C10H14N2O. The number of nitrogens with zero attached hydrogens (tertiary/aromatic N) is 2. The molecule has 0 saturated carbocycles. The molecule has 0 aliphatic heterocycles. The third-order valence-corrected chi connectivity index (χ3v) is 1.57. The number of hydrogen-bond donors (Lipinski definition) is 0. The minimum absolute atomic E-state index is 0.110. The maximum atomic E-state index is 11.3. The molecule has 0 saturated heterocycles. The van der Waals surface area contributed by atoms with Crippen molar-refractivity contribution in [3.05, 3.63) is 29.6 Å². The molecule has 0 radical (unpaired) electrons. The van der Waals surface area contributed by atoms with Crippen LogP contribution < -0.4 is 0 Å². The molecule has 13 heavy (non-hydrogen) atoms. The van der Waals surface area contributed by atoms with E-state index in [1.54, 1.807) is 10.8 Å². The van der Waals surface area contributed by atoms with E-state index in [1.165, 1.54) is 0 Å². The summed E-state index contributed by atoms with van der Waals surface area (Å²) in [5.41, 5.74) is 1.85. The average molecular weight is 178 g/mol. The van der Waals surface area contributed by atoms with E-state index in [1.807, 2.05) is 33.2 Å². The van der Waals surface area contributed by atoms with Gasteiger partial charge in [0, 0.05) is 13.2 Å². The van der Waals surface area contributed by atoms with Gasteiger partial charge in [0.25, 0.3) is 0 Å². The van der Waals surface area contributed by atoms with Crippen molar-refractivity contribution in [3.63, 3.8) is 0 Å². The van der Waals surface area contributed by atoms with Gasteiger partial charge in [-0.05, 0) is 26.0 Å². The lowest BCUT2D eigenvalue weighted by molar-refractivity contribution is -0.114. The van der Waals surface area contributed by atoms with Crippen LogP contribution in [0.15, 0.2) is 23.9 Å². The van der Waals surface area contributed by atoms with E-state index >= 15 is 0 Å². The van der Waals surface area contributed by atoms with Gasteiger partial charge in [0.2, 0.25) is 0 Å². The summed E-state index contributed by atoms with van der Waals surface area (Å²) in [6.07, 6.45) is 3.88. The predicted octanol–water partition coefficient (Wildman–Crippen LogP) is 1.50. The topological polar surface area (TPSA) is 34.9 Å². The van der Waals surface area contributed by atoms with Crippen LogP contribution in [-0.4, -0.2) is 15.6 Å². The molecule has 3 nitrogen and oxygen atoms in total. The van der Waals surface area contributed by atoms with Crippen LogP contribution in [0, 0.1) is 0 Å². The Bertz CT molecular complexity index is 332.